The molecular formula is C13H14ClFO3. The zero-order valence-corrected chi connectivity index (χ0v) is 11.0. The predicted molar refractivity (Wildman–Crippen MR) is 65.9 cm³/mol. The Kier molecular flexibility index (Phi) is 3.23. The first-order valence-electron chi connectivity index (χ1n) is 5.70. The first kappa shape index (κ1) is 13.1. The molecule has 0 unspecified atom stereocenters. The molecule has 0 bridgehead atoms. The normalized spacial score (nSPS) is 17.1. The van der Waals surface area contributed by atoms with Crippen LogP contribution in [0.4, 0.5) is 4.39 Å². The highest BCUT2D eigenvalue weighted by Crippen LogP contribution is 2.48. The summed E-state index contributed by atoms with van der Waals surface area (Å²) in [5.74, 6) is -1.72. The molecule has 1 saturated carbocycles. The van der Waals surface area contributed by atoms with E-state index in [1.54, 1.807) is 6.92 Å². The maximum absolute atomic E-state index is 14.3. The lowest BCUT2D eigenvalue weighted by Crippen LogP contribution is -2.43. The average molecular weight is 273 g/mol. The number of carboxylic acid groups (broad SMARTS) is 1. The lowest BCUT2D eigenvalue weighted by Gasteiger charge is -2.38. The molecule has 5 heteroatoms. The van der Waals surface area contributed by atoms with E-state index < -0.39 is 17.2 Å². The molecule has 0 heterocycles. The minimum absolute atomic E-state index is 0.0702. The molecule has 1 aromatic rings. The van der Waals surface area contributed by atoms with Crippen molar-refractivity contribution < 1.29 is 19.0 Å². The summed E-state index contributed by atoms with van der Waals surface area (Å²) in [6, 6.07) is 1.52. The van der Waals surface area contributed by atoms with E-state index in [4.69, 9.17) is 16.3 Å². The van der Waals surface area contributed by atoms with Gasteiger partial charge in [0.1, 0.15) is 0 Å². The molecule has 98 valence electrons. The number of carboxylic acids is 1. The van der Waals surface area contributed by atoms with Crippen molar-refractivity contribution in [2.45, 2.75) is 31.6 Å². The standard InChI is InChI=1S/C13H14ClFO3/c1-7-6-8(10(15)11(18-2)9(7)14)13(12(16)17)4-3-5-13/h6H,3-5H2,1-2H3,(H,16,17). The fraction of sp³-hybridized carbons (Fsp3) is 0.462. The predicted octanol–water partition coefficient (Wildman–Crippen LogP) is 3.30. The highest BCUT2D eigenvalue weighted by atomic mass is 35.5. The van der Waals surface area contributed by atoms with Crippen molar-refractivity contribution in [2.75, 3.05) is 7.11 Å². The van der Waals surface area contributed by atoms with E-state index in [2.05, 4.69) is 0 Å². The molecule has 0 amide bonds. The molecule has 1 aliphatic carbocycles. The second kappa shape index (κ2) is 4.43. The average Bonchev–Trinajstić information content (AvgIpc) is 2.24. The number of aliphatic carboxylic acids is 1. The molecule has 1 aromatic carbocycles. The van der Waals surface area contributed by atoms with E-state index in [-0.39, 0.29) is 16.3 Å². The molecular weight excluding hydrogens is 259 g/mol. The van der Waals surface area contributed by atoms with Gasteiger partial charge in [-0.2, -0.15) is 0 Å². The Morgan fingerprint density at radius 2 is 2.17 bits per heavy atom. The summed E-state index contributed by atoms with van der Waals surface area (Å²) in [7, 11) is 1.32. The Bertz CT molecular complexity index is 509. The van der Waals surface area contributed by atoms with Crippen LogP contribution in [0, 0.1) is 12.7 Å². The van der Waals surface area contributed by atoms with Crippen molar-refractivity contribution in [3.8, 4) is 5.75 Å². The largest absolute Gasteiger partial charge is 0.492 e. The second-order valence-electron chi connectivity index (χ2n) is 4.64. The summed E-state index contributed by atoms with van der Waals surface area (Å²) in [4.78, 5) is 11.4. The topological polar surface area (TPSA) is 46.5 Å². The maximum atomic E-state index is 14.3. The molecule has 2 rings (SSSR count). The Morgan fingerprint density at radius 3 is 2.56 bits per heavy atom. The Morgan fingerprint density at radius 1 is 1.56 bits per heavy atom. The minimum atomic E-state index is -1.12. The molecule has 0 saturated heterocycles. The molecule has 1 N–H and O–H groups in total. The number of methoxy groups -OCH3 is 1. The number of rotatable bonds is 3. The van der Waals surface area contributed by atoms with Crippen LogP contribution in [0.25, 0.3) is 0 Å². The third-order valence-electron chi connectivity index (χ3n) is 3.68. The van der Waals surface area contributed by atoms with Crippen molar-refractivity contribution in [1.82, 2.24) is 0 Å². The van der Waals surface area contributed by atoms with Crippen LogP contribution in [-0.4, -0.2) is 18.2 Å². The summed E-state index contributed by atoms with van der Waals surface area (Å²) < 4.78 is 19.3. The van der Waals surface area contributed by atoms with Crippen LogP contribution < -0.4 is 4.74 Å². The zero-order valence-electron chi connectivity index (χ0n) is 10.2. The molecule has 18 heavy (non-hydrogen) atoms. The first-order valence-corrected chi connectivity index (χ1v) is 6.08. The molecule has 1 aliphatic rings. The fourth-order valence-corrected chi connectivity index (χ4v) is 2.61. The van der Waals surface area contributed by atoms with Gasteiger partial charge in [0.05, 0.1) is 17.5 Å². The van der Waals surface area contributed by atoms with Gasteiger partial charge in [-0.3, -0.25) is 4.79 Å². The molecule has 0 atom stereocenters. The van der Waals surface area contributed by atoms with E-state index in [9.17, 15) is 14.3 Å². The molecule has 0 radical (unpaired) electrons. The highest BCUT2D eigenvalue weighted by molar-refractivity contribution is 6.32. The van der Waals surface area contributed by atoms with Crippen LogP contribution in [0.5, 0.6) is 5.75 Å². The molecule has 3 nitrogen and oxygen atoms in total. The first-order chi connectivity index (χ1) is 8.44. The van der Waals surface area contributed by atoms with Gasteiger partial charge in [-0.05, 0) is 25.3 Å². The summed E-state index contributed by atoms with van der Waals surface area (Å²) >= 11 is 5.95. The number of carbonyl (C=O) groups is 1. The molecule has 0 aromatic heterocycles. The smallest absolute Gasteiger partial charge is 0.314 e. The van der Waals surface area contributed by atoms with Crippen LogP contribution in [0.1, 0.15) is 30.4 Å². The number of benzene rings is 1. The van der Waals surface area contributed by atoms with Crippen LogP contribution >= 0.6 is 11.6 Å². The monoisotopic (exact) mass is 272 g/mol. The van der Waals surface area contributed by atoms with E-state index in [1.807, 2.05) is 0 Å². The minimum Gasteiger partial charge on any atom is -0.492 e. The number of aryl methyl sites for hydroxylation is 1. The SMILES string of the molecule is COc1c(F)c(C2(C(=O)O)CCC2)cc(C)c1Cl. The van der Waals surface area contributed by atoms with Gasteiger partial charge in [0.25, 0.3) is 0 Å². The van der Waals surface area contributed by atoms with Gasteiger partial charge in [0.15, 0.2) is 11.6 Å². The third-order valence-corrected chi connectivity index (χ3v) is 4.15. The number of ether oxygens (including phenoxy) is 1. The summed E-state index contributed by atoms with van der Waals surface area (Å²) in [6.45, 7) is 1.71. The van der Waals surface area contributed by atoms with Crippen molar-refractivity contribution in [1.29, 1.82) is 0 Å². The van der Waals surface area contributed by atoms with Gasteiger partial charge in [-0.1, -0.05) is 24.1 Å². The molecule has 0 spiro atoms. The van der Waals surface area contributed by atoms with Crippen molar-refractivity contribution in [3.63, 3.8) is 0 Å². The van der Waals surface area contributed by atoms with E-state index in [0.717, 1.165) is 6.42 Å². The highest BCUT2D eigenvalue weighted by Gasteiger charge is 2.48. The fourth-order valence-electron chi connectivity index (χ4n) is 2.40. The Labute approximate surface area is 110 Å². The summed E-state index contributed by atoms with van der Waals surface area (Å²) in [5.41, 5.74) is -0.315. The van der Waals surface area contributed by atoms with Gasteiger partial charge >= 0.3 is 5.97 Å². The number of hydrogen-bond donors (Lipinski definition) is 1. The Balaban J connectivity index is 2.65. The van der Waals surface area contributed by atoms with Crippen LogP contribution in [0.3, 0.4) is 0 Å². The summed E-state index contributed by atoms with van der Waals surface area (Å²) in [5, 5.41) is 9.54. The van der Waals surface area contributed by atoms with E-state index in [0.29, 0.717) is 18.4 Å². The zero-order chi connectivity index (χ0) is 13.5. The number of hydrogen-bond acceptors (Lipinski definition) is 2. The summed E-state index contributed by atoms with van der Waals surface area (Å²) in [6.07, 6.45) is 1.68. The van der Waals surface area contributed by atoms with Crippen molar-refractivity contribution >= 4 is 17.6 Å². The van der Waals surface area contributed by atoms with Gasteiger partial charge in [0.2, 0.25) is 0 Å². The van der Waals surface area contributed by atoms with E-state index in [1.165, 1.54) is 13.2 Å². The van der Waals surface area contributed by atoms with Gasteiger partial charge in [-0.25, -0.2) is 4.39 Å². The maximum Gasteiger partial charge on any atom is 0.314 e. The van der Waals surface area contributed by atoms with Gasteiger partial charge < -0.3 is 9.84 Å². The van der Waals surface area contributed by atoms with Crippen LogP contribution in [-0.2, 0) is 10.2 Å². The third kappa shape index (κ3) is 1.67. The van der Waals surface area contributed by atoms with Gasteiger partial charge in [-0.15, -0.1) is 0 Å². The Hall–Kier alpha value is -1.29. The van der Waals surface area contributed by atoms with Crippen LogP contribution in [0.15, 0.2) is 6.07 Å². The second-order valence-corrected chi connectivity index (χ2v) is 5.02. The van der Waals surface area contributed by atoms with Crippen molar-refractivity contribution in [2.24, 2.45) is 0 Å². The van der Waals surface area contributed by atoms with Crippen molar-refractivity contribution in [3.05, 3.63) is 28.0 Å². The lowest BCUT2D eigenvalue weighted by molar-refractivity contribution is -0.147. The van der Waals surface area contributed by atoms with Gasteiger partial charge in [0, 0.05) is 5.56 Å². The quantitative estimate of drug-likeness (QED) is 0.918. The van der Waals surface area contributed by atoms with Crippen LogP contribution in [0.2, 0.25) is 5.02 Å². The molecule has 0 aliphatic heterocycles. The lowest BCUT2D eigenvalue weighted by atomic mass is 9.64. The molecule has 1 fully saturated rings. The number of halogens is 2. The van der Waals surface area contributed by atoms with E-state index >= 15 is 0 Å².